The largest absolute Gasteiger partial charge is 0.461 e. The average Bonchev–Trinajstić information content (AvgIpc) is 2.39. The number of allylic oxidation sites excluding steroid dienone is 2. The van der Waals surface area contributed by atoms with Crippen molar-refractivity contribution >= 4 is 11.8 Å². The number of ether oxygens (including phenoxy) is 1. The van der Waals surface area contributed by atoms with Crippen LogP contribution in [0.4, 0.5) is 0 Å². The second-order valence-corrected chi connectivity index (χ2v) is 3.88. The Labute approximate surface area is 89.8 Å². The predicted octanol–water partition coefficient (Wildman–Crippen LogP) is 2.03. The number of rotatable bonds is 3. The van der Waals surface area contributed by atoms with Crippen LogP contribution in [-0.4, -0.2) is 18.4 Å². The Morgan fingerprint density at radius 1 is 1.73 bits per heavy atom. The lowest BCUT2D eigenvalue weighted by Crippen LogP contribution is -2.36. The van der Waals surface area contributed by atoms with Crippen LogP contribution in [0.3, 0.4) is 0 Å². The average molecular weight is 208 g/mol. The molecule has 1 aliphatic rings. The summed E-state index contributed by atoms with van der Waals surface area (Å²) in [5, 5.41) is 0. The van der Waals surface area contributed by atoms with Crippen molar-refractivity contribution in [3.63, 3.8) is 0 Å². The number of ketones is 1. The first kappa shape index (κ1) is 11.7. The molecule has 0 aromatic carbocycles. The van der Waals surface area contributed by atoms with E-state index in [0.717, 1.165) is 12.8 Å². The molecule has 1 atom stereocenters. The first-order chi connectivity index (χ1) is 7.11. The third kappa shape index (κ3) is 2.55. The highest BCUT2D eigenvalue weighted by atomic mass is 16.5. The number of hydrogen-bond acceptors (Lipinski definition) is 3. The SMILES string of the molecule is C=CCOC(=O)C1(C)CCCC=CC1=O. The molecule has 3 heteroatoms. The fourth-order valence-electron chi connectivity index (χ4n) is 1.57. The van der Waals surface area contributed by atoms with Gasteiger partial charge in [0, 0.05) is 0 Å². The molecule has 0 bridgehead atoms. The van der Waals surface area contributed by atoms with Crippen molar-refractivity contribution in [3.8, 4) is 0 Å². The number of carbonyl (C=O) groups is 2. The predicted molar refractivity (Wildman–Crippen MR) is 57.3 cm³/mol. The molecular formula is C12H16O3. The normalized spacial score (nSPS) is 25.8. The Kier molecular flexibility index (Phi) is 3.83. The van der Waals surface area contributed by atoms with Crippen molar-refractivity contribution in [2.24, 2.45) is 5.41 Å². The molecule has 0 aromatic rings. The lowest BCUT2D eigenvalue weighted by atomic mass is 9.82. The summed E-state index contributed by atoms with van der Waals surface area (Å²) in [5.74, 6) is -0.604. The Hall–Kier alpha value is -1.38. The van der Waals surface area contributed by atoms with Crippen molar-refractivity contribution < 1.29 is 14.3 Å². The van der Waals surface area contributed by atoms with Crippen LogP contribution in [-0.2, 0) is 14.3 Å². The van der Waals surface area contributed by atoms with E-state index < -0.39 is 11.4 Å². The highest BCUT2D eigenvalue weighted by Gasteiger charge is 2.41. The van der Waals surface area contributed by atoms with E-state index in [4.69, 9.17) is 4.74 Å². The van der Waals surface area contributed by atoms with Crippen molar-refractivity contribution in [1.82, 2.24) is 0 Å². The first-order valence-electron chi connectivity index (χ1n) is 5.10. The zero-order valence-electron chi connectivity index (χ0n) is 8.99. The van der Waals surface area contributed by atoms with Crippen LogP contribution in [0.5, 0.6) is 0 Å². The lowest BCUT2D eigenvalue weighted by Gasteiger charge is -2.22. The van der Waals surface area contributed by atoms with E-state index >= 15 is 0 Å². The van der Waals surface area contributed by atoms with E-state index in [9.17, 15) is 9.59 Å². The van der Waals surface area contributed by atoms with Crippen LogP contribution < -0.4 is 0 Å². The molecule has 15 heavy (non-hydrogen) atoms. The molecule has 0 radical (unpaired) electrons. The second-order valence-electron chi connectivity index (χ2n) is 3.88. The van der Waals surface area contributed by atoms with E-state index in [2.05, 4.69) is 6.58 Å². The quantitative estimate of drug-likeness (QED) is 0.405. The Balaban J connectivity index is 2.77. The van der Waals surface area contributed by atoms with Crippen LogP contribution in [0.25, 0.3) is 0 Å². The first-order valence-corrected chi connectivity index (χ1v) is 5.10. The summed E-state index contributed by atoms with van der Waals surface area (Å²) >= 11 is 0. The van der Waals surface area contributed by atoms with Gasteiger partial charge in [0.1, 0.15) is 12.0 Å². The van der Waals surface area contributed by atoms with E-state index in [1.165, 1.54) is 12.2 Å². The molecule has 0 fully saturated rings. The lowest BCUT2D eigenvalue weighted by molar-refractivity contribution is -0.157. The van der Waals surface area contributed by atoms with Gasteiger partial charge in [0.25, 0.3) is 0 Å². The molecule has 82 valence electrons. The van der Waals surface area contributed by atoms with Gasteiger partial charge in [0.2, 0.25) is 0 Å². The Morgan fingerprint density at radius 3 is 3.13 bits per heavy atom. The van der Waals surface area contributed by atoms with Gasteiger partial charge in [-0.1, -0.05) is 18.7 Å². The summed E-state index contributed by atoms with van der Waals surface area (Å²) in [4.78, 5) is 23.4. The molecule has 0 N–H and O–H groups in total. The van der Waals surface area contributed by atoms with Gasteiger partial charge in [0.05, 0.1) is 0 Å². The van der Waals surface area contributed by atoms with Crippen LogP contribution in [0, 0.1) is 5.41 Å². The van der Waals surface area contributed by atoms with E-state index in [1.807, 2.05) is 6.08 Å². The third-order valence-corrected chi connectivity index (χ3v) is 2.64. The molecule has 1 rings (SSSR count). The maximum Gasteiger partial charge on any atom is 0.320 e. The Morgan fingerprint density at radius 2 is 2.47 bits per heavy atom. The maximum absolute atomic E-state index is 11.7. The van der Waals surface area contributed by atoms with Crippen LogP contribution in [0.15, 0.2) is 24.8 Å². The number of carbonyl (C=O) groups excluding carboxylic acids is 2. The smallest absolute Gasteiger partial charge is 0.320 e. The van der Waals surface area contributed by atoms with Crippen molar-refractivity contribution in [2.75, 3.05) is 6.61 Å². The summed E-state index contributed by atoms with van der Waals surface area (Å²) in [6.45, 7) is 5.27. The maximum atomic E-state index is 11.7. The second kappa shape index (κ2) is 4.91. The molecule has 0 saturated carbocycles. The van der Waals surface area contributed by atoms with Crippen LogP contribution in [0.2, 0.25) is 0 Å². The van der Waals surface area contributed by atoms with Gasteiger partial charge in [-0.05, 0) is 32.3 Å². The zero-order valence-corrected chi connectivity index (χ0v) is 8.99. The van der Waals surface area contributed by atoms with Gasteiger partial charge in [-0.25, -0.2) is 0 Å². The summed E-state index contributed by atoms with van der Waals surface area (Å²) in [7, 11) is 0. The minimum Gasteiger partial charge on any atom is -0.461 e. The number of esters is 1. The van der Waals surface area contributed by atoms with Crippen molar-refractivity contribution in [1.29, 1.82) is 0 Å². The van der Waals surface area contributed by atoms with E-state index in [0.29, 0.717) is 6.42 Å². The van der Waals surface area contributed by atoms with Crippen LogP contribution in [0.1, 0.15) is 26.2 Å². The molecule has 1 unspecified atom stereocenters. The minimum atomic E-state index is -1.00. The highest BCUT2D eigenvalue weighted by Crippen LogP contribution is 2.30. The zero-order chi connectivity index (χ0) is 11.3. The fourth-order valence-corrected chi connectivity index (χ4v) is 1.57. The molecule has 0 saturated heterocycles. The molecule has 0 heterocycles. The molecule has 0 aliphatic heterocycles. The van der Waals surface area contributed by atoms with Gasteiger partial charge in [-0.15, -0.1) is 0 Å². The minimum absolute atomic E-state index is 0.158. The van der Waals surface area contributed by atoms with Crippen molar-refractivity contribution in [2.45, 2.75) is 26.2 Å². The molecule has 1 aliphatic carbocycles. The molecule has 0 amide bonds. The van der Waals surface area contributed by atoms with E-state index in [1.54, 1.807) is 6.92 Å². The fraction of sp³-hybridized carbons (Fsp3) is 0.500. The van der Waals surface area contributed by atoms with E-state index in [-0.39, 0.29) is 12.4 Å². The Bertz CT molecular complexity index is 304. The van der Waals surface area contributed by atoms with Crippen molar-refractivity contribution in [3.05, 3.63) is 24.8 Å². The number of hydrogen-bond donors (Lipinski definition) is 0. The topological polar surface area (TPSA) is 43.4 Å². The highest BCUT2D eigenvalue weighted by molar-refractivity contribution is 6.09. The summed E-state index contributed by atoms with van der Waals surface area (Å²) in [6.07, 6.45) is 7.03. The third-order valence-electron chi connectivity index (χ3n) is 2.64. The van der Waals surface area contributed by atoms with Crippen LogP contribution >= 0.6 is 0 Å². The molecule has 0 spiro atoms. The van der Waals surface area contributed by atoms with Gasteiger partial charge in [0.15, 0.2) is 5.78 Å². The summed E-state index contributed by atoms with van der Waals surface area (Å²) < 4.78 is 4.95. The van der Waals surface area contributed by atoms with Gasteiger partial charge in [-0.2, -0.15) is 0 Å². The monoisotopic (exact) mass is 208 g/mol. The van der Waals surface area contributed by atoms with Gasteiger partial charge in [-0.3, -0.25) is 9.59 Å². The van der Waals surface area contributed by atoms with Gasteiger partial charge >= 0.3 is 5.97 Å². The molecule has 0 aromatic heterocycles. The summed E-state index contributed by atoms with van der Waals surface area (Å²) in [5.41, 5.74) is -1.00. The molecule has 3 nitrogen and oxygen atoms in total. The van der Waals surface area contributed by atoms with Gasteiger partial charge < -0.3 is 4.74 Å². The summed E-state index contributed by atoms with van der Waals surface area (Å²) in [6, 6.07) is 0. The molecular weight excluding hydrogens is 192 g/mol. The standard InChI is InChI=1S/C12H16O3/c1-3-9-15-11(14)12(2)8-6-4-5-7-10(12)13/h3,5,7H,1,4,6,8-9H2,2H3.